The van der Waals surface area contributed by atoms with E-state index in [-0.39, 0.29) is 46.4 Å². The van der Waals surface area contributed by atoms with E-state index < -0.39 is 41.0 Å². The number of H-pyrrole nitrogens is 1. The standard InChI is InChI=1S/C23H19F3N8O3S/c24-14-8-12(38(36)37)4-5-16(14)29-21-30-19(27)18-20(31-21)33(11-6-7-23(25,26)9-11)22(35)34(18)17-3-1-2-15-13(17)10-28-32-15/h1-5,8,10-11H,6-7,9H2,(H,28,32)(H,36,37)(H3,27,29,30,31). The van der Waals surface area contributed by atoms with Crippen molar-refractivity contribution in [2.75, 3.05) is 11.1 Å². The first kappa shape index (κ1) is 24.1. The molecule has 1 aliphatic carbocycles. The second kappa shape index (κ2) is 8.66. The Labute approximate surface area is 213 Å². The maximum absolute atomic E-state index is 14.6. The van der Waals surface area contributed by atoms with Crippen LogP contribution in [-0.4, -0.2) is 44.0 Å². The lowest BCUT2D eigenvalue weighted by atomic mass is 10.2. The molecule has 1 aliphatic rings. The van der Waals surface area contributed by atoms with Crippen LogP contribution in [0.25, 0.3) is 27.8 Å². The number of nitrogens with two attached hydrogens (primary N) is 1. The second-order valence-corrected chi connectivity index (χ2v) is 9.94. The van der Waals surface area contributed by atoms with Gasteiger partial charge in [0.2, 0.25) is 11.9 Å². The average Bonchev–Trinajstić information content (AvgIpc) is 3.55. The maximum atomic E-state index is 14.6. The van der Waals surface area contributed by atoms with Crippen molar-refractivity contribution in [2.45, 2.75) is 36.1 Å². The van der Waals surface area contributed by atoms with Crippen LogP contribution in [0.5, 0.6) is 0 Å². The van der Waals surface area contributed by atoms with Crippen molar-refractivity contribution in [2.24, 2.45) is 0 Å². The van der Waals surface area contributed by atoms with Gasteiger partial charge < -0.3 is 15.6 Å². The van der Waals surface area contributed by atoms with Gasteiger partial charge in [0.05, 0.1) is 28.0 Å². The van der Waals surface area contributed by atoms with Crippen LogP contribution >= 0.6 is 0 Å². The van der Waals surface area contributed by atoms with Gasteiger partial charge in [0.15, 0.2) is 22.5 Å². The Balaban J connectivity index is 1.56. The number of nitrogens with one attached hydrogen (secondary N) is 2. The van der Waals surface area contributed by atoms with E-state index >= 15 is 0 Å². The summed E-state index contributed by atoms with van der Waals surface area (Å²) in [5.41, 5.74) is 6.71. The van der Waals surface area contributed by atoms with E-state index in [9.17, 15) is 26.7 Å². The molecule has 0 aliphatic heterocycles. The van der Waals surface area contributed by atoms with E-state index in [2.05, 4.69) is 25.5 Å². The van der Waals surface area contributed by atoms with E-state index in [1.807, 2.05) is 0 Å². The molecule has 2 unspecified atom stereocenters. The van der Waals surface area contributed by atoms with Crippen molar-refractivity contribution in [3.8, 4) is 5.69 Å². The number of alkyl halides is 2. The van der Waals surface area contributed by atoms with Crippen LogP contribution in [0.1, 0.15) is 25.3 Å². The third kappa shape index (κ3) is 3.90. The number of nitrogens with zero attached hydrogens (tertiary/aromatic N) is 5. The van der Waals surface area contributed by atoms with Gasteiger partial charge in [-0.15, -0.1) is 0 Å². The SMILES string of the molecule is Nc1nc(Nc2ccc(S(=O)O)cc2F)nc2c1n(-c1cccc3[nH]ncc13)c(=O)n2C1CCC(F)(F)C1. The van der Waals surface area contributed by atoms with Gasteiger partial charge in [-0.05, 0) is 36.8 Å². The molecule has 1 saturated carbocycles. The molecular formula is C23H19F3N8O3S. The van der Waals surface area contributed by atoms with Crippen LogP contribution < -0.4 is 16.7 Å². The lowest BCUT2D eigenvalue weighted by Gasteiger charge is -2.13. The highest BCUT2D eigenvalue weighted by Gasteiger charge is 2.42. The number of hydrogen-bond acceptors (Lipinski definition) is 7. The number of benzene rings is 2. The number of aromatic amines is 1. The van der Waals surface area contributed by atoms with Crippen LogP contribution in [0.3, 0.4) is 0 Å². The summed E-state index contributed by atoms with van der Waals surface area (Å²) in [6.45, 7) is 0. The molecular weight excluding hydrogens is 525 g/mol. The van der Waals surface area contributed by atoms with Crippen LogP contribution in [-0.2, 0) is 11.1 Å². The highest BCUT2D eigenvalue weighted by Crippen LogP contribution is 2.42. The highest BCUT2D eigenvalue weighted by atomic mass is 32.2. The Morgan fingerprint density at radius 3 is 2.76 bits per heavy atom. The smallest absolute Gasteiger partial charge is 0.335 e. The zero-order valence-electron chi connectivity index (χ0n) is 19.4. The van der Waals surface area contributed by atoms with Crippen LogP contribution in [0.2, 0.25) is 0 Å². The minimum absolute atomic E-state index is 0.00156. The molecule has 5 aromatic rings. The first-order chi connectivity index (χ1) is 18.1. The summed E-state index contributed by atoms with van der Waals surface area (Å²) in [5, 5.41) is 10.1. The van der Waals surface area contributed by atoms with Crippen molar-refractivity contribution in [1.29, 1.82) is 0 Å². The molecule has 15 heteroatoms. The molecule has 1 fully saturated rings. The number of rotatable bonds is 5. The van der Waals surface area contributed by atoms with Crippen molar-refractivity contribution < 1.29 is 21.9 Å². The quantitative estimate of drug-likeness (QED) is 0.243. The minimum Gasteiger partial charge on any atom is -0.382 e. The van der Waals surface area contributed by atoms with Crippen molar-refractivity contribution in [3.05, 3.63) is 58.9 Å². The minimum atomic E-state index is -2.94. The number of anilines is 3. The molecule has 3 heterocycles. The Kier molecular flexibility index (Phi) is 5.50. The van der Waals surface area contributed by atoms with Crippen LogP contribution in [0.15, 0.2) is 52.3 Å². The summed E-state index contributed by atoms with van der Waals surface area (Å²) in [7, 11) is 0. The highest BCUT2D eigenvalue weighted by molar-refractivity contribution is 7.79. The number of imidazole rings is 1. The van der Waals surface area contributed by atoms with Crippen LogP contribution in [0, 0.1) is 5.82 Å². The molecule has 2 atom stereocenters. The molecule has 11 nitrogen and oxygen atoms in total. The number of fused-ring (bicyclic) bond motifs is 2. The van der Waals surface area contributed by atoms with Gasteiger partial charge in [0.1, 0.15) is 11.3 Å². The van der Waals surface area contributed by atoms with Crippen molar-refractivity contribution in [3.63, 3.8) is 0 Å². The Hall–Kier alpha value is -4.24. The second-order valence-electron chi connectivity index (χ2n) is 8.97. The lowest BCUT2D eigenvalue weighted by Crippen LogP contribution is -2.27. The molecule has 0 spiro atoms. The summed E-state index contributed by atoms with van der Waals surface area (Å²) in [5.74, 6) is -4.14. The third-order valence-corrected chi connectivity index (χ3v) is 7.23. The molecule has 2 aromatic carbocycles. The Bertz CT molecular complexity index is 1820. The fourth-order valence-corrected chi connectivity index (χ4v) is 5.25. The van der Waals surface area contributed by atoms with Crippen molar-refractivity contribution >= 4 is 50.6 Å². The molecule has 6 rings (SSSR count). The van der Waals surface area contributed by atoms with Gasteiger partial charge in [0, 0.05) is 24.3 Å². The zero-order valence-corrected chi connectivity index (χ0v) is 20.2. The van der Waals surface area contributed by atoms with Gasteiger partial charge in [0.25, 0.3) is 0 Å². The van der Waals surface area contributed by atoms with Gasteiger partial charge in [-0.2, -0.15) is 15.1 Å². The van der Waals surface area contributed by atoms with E-state index in [1.165, 1.54) is 27.5 Å². The van der Waals surface area contributed by atoms with Crippen molar-refractivity contribution in [1.82, 2.24) is 29.3 Å². The van der Waals surface area contributed by atoms with E-state index in [0.29, 0.717) is 16.6 Å². The average molecular weight is 545 g/mol. The lowest BCUT2D eigenvalue weighted by molar-refractivity contribution is 0.00565. The van der Waals surface area contributed by atoms with Gasteiger partial charge in [-0.1, -0.05) is 6.07 Å². The van der Waals surface area contributed by atoms with E-state index in [4.69, 9.17) is 5.73 Å². The van der Waals surface area contributed by atoms with Gasteiger partial charge in [-0.25, -0.2) is 22.2 Å². The predicted molar refractivity (Wildman–Crippen MR) is 134 cm³/mol. The number of nitrogen functional groups attached to an aromatic ring is 1. The summed E-state index contributed by atoms with van der Waals surface area (Å²) in [4.78, 5) is 22.3. The van der Waals surface area contributed by atoms with E-state index in [1.54, 1.807) is 18.2 Å². The summed E-state index contributed by atoms with van der Waals surface area (Å²) in [6.07, 6.45) is 0.637. The van der Waals surface area contributed by atoms with Crippen LogP contribution in [0.4, 0.5) is 30.6 Å². The molecule has 0 saturated heterocycles. The third-order valence-electron chi connectivity index (χ3n) is 6.58. The first-order valence-electron chi connectivity index (χ1n) is 11.4. The molecule has 3 aromatic heterocycles. The molecule has 38 heavy (non-hydrogen) atoms. The molecule has 0 bridgehead atoms. The molecule has 0 radical (unpaired) electrons. The Morgan fingerprint density at radius 1 is 1.24 bits per heavy atom. The van der Waals surface area contributed by atoms with Gasteiger partial charge >= 0.3 is 5.69 Å². The van der Waals surface area contributed by atoms with E-state index in [0.717, 1.165) is 6.07 Å². The fraction of sp³-hybridized carbons (Fsp3) is 0.217. The summed E-state index contributed by atoms with van der Waals surface area (Å²) < 4.78 is 65.9. The molecule has 196 valence electrons. The largest absolute Gasteiger partial charge is 0.382 e. The molecule has 5 N–H and O–H groups in total. The topological polar surface area (TPSA) is 157 Å². The normalized spacial score (nSPS) is 17.8. The number of halogens is 3. The summed E-state index contributed by atoms with van der Waals surface area (Å²) >= 11 is -2.38. The maximum Gasteiger partial charge on any atom is 0.335 e. The zero-order chi connectivity index (χ0) is 26.8. The number of aromatic nitrogens is 6. The first-order valence-corrected chi connectivity index (χ1v) is 12.5. The fourth-order valence-electron chi connectivity index (χ4n) is 4.87. The monoisotopic (exact) mass is 544 g/mol. The molecule has 0 amide bonds. The number of hydrogen-bond donors (Lipinski definition) is 4. The summed E-state index contributed by atoms with van der Waals surface area (Å²) in [6, 6.07) is 7.61. The Morgan fingerprint density at radius 2 is 2.05 bits per heavy atom. The predicted octanol–water partition coefficient (Wildman–Crippen LogP) is 3.86. The van der Waals surface area contributed by atoms with Gasteiger partial charge in [-0.3, -0.25) is 14.2 Å².